The normalized spacial score (nSPS) is 12.3. The molecule has 0 unspecified atom stereocenters. The molecule has 2 N–H and O–H groups in total. The summed E-state index contributed by atoms with van der Waals surface area (Å²) in [5.41, 5.74) is 0.949. The fourth-order valence-electron chi connectivity index (χ4n) is 2.27. The van der Waals surface area contributed by atoms with Gasteiger partial charge in [-0.2, -0.15) is 0 Å². The van der Waals surface area contributed by atoms with Gasteiger partial charge in [-0.05, 0) is 31.5 Å². The predicted molar refractivity (Wildman–Crippen MR) is 99.1 cm³/mol. The Labute approximate surface area is 147 Å². The van der Waals surface area contributed by atoms with E-state index in [4.69, 9.17) is 0 Å². The lowest BCUT2D eigenvalue weighted by Crippen LogP contribution is -2.43. The SMILES string of the molecule is CCNC(=NCc1ncc(C)s1)NCC(C)(C)c1ccc(F)cc1. The zero-order valence-electron chi connectivity index (χ0n) is 14.7. The monoisotopic (exact) mass is 348 g/mol. The van der Waals surface area contributed by atoms with Crippen molar-refractivity contribution in [2.24, 2.45) is 4.99 Å². The van der Waals surface area contributed by atoms with E-state index >= 15 is 0 Å². The molecule has 1 heterocycles. The topological polar surface area (TPSA) is 49.3 Å². The van der Waals surface area contributed by atoms with Gasteiger partial charge in [0.1, 0.15) is 10.8 Å². The number of hydrogen-bond donors (Lipinski definition) is 2. The zero-order chi connectivity index (χ0) is 17.6. The first-order valence-electron chi connectivity index (χ1n) is 8.10. The van der Waals surface area contributed by atoms with E-state index in [1.165, 1.54) is 17.0 Å². The van der Waals surface area contributed by atoms with Crippen molar-refractivity contribution < 1.29 is 4.39 Å². The van der Waals surface area contributed by atoms with Gasteiger partial charge in [-0.1, -0.05) is 26.0 Å². The highest BCUT2D eigenvalue weighted by molar-refractivity contribution is 7.11. The van der Waals surface area contributed by atoms with Gasteiger partial charge < -0.3 is 10.6 Å². The number of aryl methyl sites for hydroxylation is 1. The van der Waals surface area contributed by atoms with Gasteiger partial charge in [0.25, 0.3) is 0 Å². The lowest BCUT2D eigenvalue weighted by molar-refractivity contribution is 0.507. The fourth-order valence-corrected chi connectivity index (χ4v) is 2.98. The van der Waals surface area contributed by atoms with Crippen LogP contribution in [0.25, 0.3) is 0 Å². The number of thiazole rings is 1. The number of nitrogens with one attached hydrogen (secondary N) is 2. The Bertz CT molecular complexity index is 677. The van der Waals surface area contributed by atoms with Crippen LogP contribution in [0.5, 0.6) is 0 Å². The average Bonchev–Trinajstić information content (AvgIpc) is 2.96. The summed E-state index contributed by atoms with van der Waals surface area (Å²) in [7, 11) is 0. The lowest BCUT2D eigenvalue weighted by Gasteiger charge is -2.26. The van der Waals surface area contributed by atoms with Crippen LogP contribution >= 0.6 is 11.3 Å². The molecule has 0 fully saturated rings. The number of halogens is 1. The van der Waals surface area contributed by atoms with E-state index < -0.39 is 0 Å². The van der Waals surface area contributed by atoms with Gasteiger partial charge in [0.2, 0.25) is 0 Å². The molecule has 0 bridgehead atoms. The van der Waals surface area contributed by atoms with Gasteiger partial charge in [0.15, 0.2) is 5.96 Å². The van der Waals surface area contributed by atoms with Crippen molar-refractivity contribution >= 4 is 17.3 Å². The van der Waals surface area contributed by atoms with Crippen molar-refractivity contribution in [3.8, 4) is 0 Å². The van der Waals surface area contributed by atoms with Crippen molar-refractivity contribution in [3.63, 3.8) is 0 Å². The summed E-state index contributed by atoms with van der Waals surface area (Å²) in [6.07, 6.45) is 1.87. The molecule has 0 aliphatic heterocycles. The molecule has 0 saturated carbocycles. The van der Waals surface area contributed by atoms with E-state index in [1.807, 2.05) is 32.2 Å². The summed E-state index contributed by atoms with van der Waals surface area (Å²) < 4.78 is 13.1. The molecule has 6 heteroatoms. The second-order valence-electron chi connectivity index (χ2n) is 6.30. The minimum atomic E-state index is -0.212. The number of nitrogens with zero attached hydrogens (tertiary/aromatic N) is 2. The molecule has 24 heavy (non-hydrogen) atoms. The summed E-state index contributed by atoms with van der Waals surface area (Å²) in [5, 5.41) is 7.62. The van der Waals surface area contributed by atoms with Crippen LogP contribution in [-0.2, 0) is 12.0 Å². The highest BCUT2D eigenvalue weighted by atomic mass is 32.1. The maximum Gasteiger partial charge on any atom is 0.191 e. The lowest BCUT2D eigenvalue weighted by atomic mass is 9.84. The number of guanidine groups is 1. The molecule has 2 aromatic rings. The fraction of sp³-hybridized carbons (Fsp3) is 0.444. The number of rotatable bonds is 6. The Kier molecular flexibility index (Phi) is 6.31. The van der Waals surface area contributed by atoms with Crippen molar-refractivity contribution in [1.82, 2.24) is 15.6 Å². The van der Waals surface area contributed by atoms with E-state index in [2.05, 4.69) is 34.5 Å². The molecule has 1 aromatic carbocycles. The van der Waals surface area contributed by atoms with Gasteiger partial charge in [-0.25, -0.2) is 14.4 Å². The van der Waals surface area contributed by atoms with Crippen molar-refractivity contribution in [2.45, 2.75) is 39.7 Å². The maximum atomic E-state index is 13.1. The predicted octanol–water partition coefficient (Wildman–Crippen LogP) is 3.62. The standard InChI is InChI=1S/C18H25FN4S/c1-5-20-17(22-11-16-21-10-13(2)24-16)23-12-18(3,4)14-6-8-15(19)9-7-14/h6-10H,5,11-12H2,1-4H3,(H2,20,22,23). The maximum absolute atomic E-state index is 13.1. The van der Waals surface area contributed by atoms with Crippen LogP contribution in [0.2, 0.25) is 0 Å². The molecule has 0 radical (unpaired) electrons. The number of benzene rings is 1. The summed E-state index contributed by atoms with van der Waals surface area (Å²) in [4.78, 5) is 10.1. The average molecular weight is 348 g/mol. The Balaban J connectivity index is 2.00. The van der Waals surface area contributed by atoms with Crippen molar-refractivity contribution in [1.29, 1.82) is 0 Å². The molecular weight excluding hydrogens is 323 g/mol. The molecule has 1 aromatic heterocycles. The highest BCUT2D eigenvalue weighted by Crippen LogP contribution is 2.22. The smallest absolute Gasteiger partial charge is 0.191 e. The first-order chi connectivity index (χ1) is 11.4. The Morgan fingerprint density at radius 2 is 1.96 bits per heavy atom. The molecule has 130 valence electrons. The first-order valence-corrected chi connectivity index (χ1v) is 8.92. The largest absolute Gasteiger partial charge is 0.357 e. The molecule has 0 amide bonds. The number of hydrogen-bond acceptors (Lipinski definition) is 3. The first kappa shape index (κ1) is 18.4. The highest BCUT2D eigenvalue weighted by Gasteiger charge is 2.21. The molecule has 2 rings (SSSR count). The molecule has 0 aliphatic carbocycles. The Hall–Kier alpha value is -1.95. The van der Waals surface area contributed by atoms with Crippen LogP contribution < -0.4 is 10.6 Å². The molecule has 4 nitrogen and oxygen atoms in total. The van der Waals surface area contributed by atoms with Crippen LogP contribution in [0.15, 0.2) is 35.5 Å². The minimum absolute atomic E-state index is 0.137. The third-order valence-corrected chi connectivity index (χ3v) is 4.61. The van der Waals surface area contributed by atoms with Crippen LogP contribution in [-0.4, -0.2) is 24.0 Å². The second kappa shape index (κ2) is 8.24. The summed E-state index contributed by atoms with van der Waals surface area (Å²) >= 11 is 1.66. The van der Waals surface area contributed by atoms with Crippen LogP contribution in [0.1, 0.15) is 36.2 Å². The van der Waals surface area contributed by atoms with Crippen LogP contribution in [0.3, 0.4) is 0 Å². The third kappa shape index (κ3) is 5.30. The van der Waals surface area contributed by atoms with Gasteiger partial charge in [-0.15, -0.1) is 11.3 Å². The van der Waals surface area contributed by atoms with Crippen molar-refractivity contribution in [3.05, 3.63) is 51.7 Å². The third-order valence-electron chi connectivity index (χ3n) is 3.71. The molecule has 0 atom stereocenters. The summed E-state index contributed by atoms with van der Waals surface area (Å²) in [5.74, 6) is 0.552. The van der Waals surface area contributed by atoms with Crippen molar-refractivity contribution in [2.75, 3.05) is 13.1 Å². The Morgan fingerprint density at radius 3 is 2.54 bits per heavy atom. The van der Waals surface area contributed by atoms with E-state index in [9.17, 15) is 4.39 Å². The van der Waals surface area contributed by atoms with E-state index in [-0.39, 0.29) is 11.2 Å². The second-order valence-corrected chi connectivity index (χ2v) is 7.62. The van der Waals surface area contributed by atoms with Crippen LogP contribution in [0, 0.1) is 12.7 Å². The van der Waals surface area contributed by atoms with Gasteiger partial charge >= 0.3 is 0 Å². The summed E-state index contributed by atoms with van der Waals surface area (Å²) in [6, 6.07) is 6.67. The zero-order valence-corrected chi connectivity index (χ0v) is 15.5. The summed E-state index contributed by atoms with van der Waals surface area (Å²) in [6.45, 7) is 10.4. The van der Waals surface area contributed by atoms with Gasteiger partial charge in [-0.3, -0.25) is 0 Å². The van der Waals surface area contributed by atoms with Gasteiger partial charge in [0.05, 0.1) is 6.54 Å². The number of aliphatic imine (C=N–C) groups is 1. The molecule has 0 spiro atoms. The van der Waals surface area contributed by atoms with Crippen LogP contribution in [0.4, 0.5) is 4.39 Å². The Morgan fingerprint density at radius 1 is 1.25 bits per heavy atom. The van der Waals surface area contributed by atoms with E-state index in [0.717, 1.165) is 23.1 Å². The molecular formula is C18H25FN4S. The quantitative estimate of drug-likeness (QED) is 0.619. The van der Waals surface area contributed by atoms with E-state index in [0.29, 0.717) is 13.1 Å². The van der Waals surface area contributed by atoms with Gasteiger partial charge in [0, 0.05) is 29.6 Å². The number of aromatic nitrogens is 1. The minimum Gasteiger partial charge on any atom is -0.357 e. The molecule has 0 saturated heterocycles. The van der Waals surface area contributed by atoms with E-state index in [1.54, 1.807) is 11.3 Å². The molecule has 0 aliphatic rings.